The van der Waals surface area contributed by atoms with Gasteiger partial charge in [-0.25, -0.2) is 0 Å². The van der Waals surface area contributed by atoms with Crippen LogP contribution in [0.15, 0.2) is 0 Å². The van der Waals surface area contributed by atoms with Gasteiger partial charge in [0.1, 0.15) is 0 Å². The van der Waals surface area contributed by atoms with Crippen LogP contribution in [0.5, 0.6) is 0 Å². The van der Waals surface area contributed by atoms with Gasteiger partial charge in [0.15, 0.2) is 0 Å². The quantitative estimate of drug-likeness (QED) is 0.632. The average molecular weight is 244 g/mol. The lowest BCUT2D eigenvalue weighted by Gasteiger charge is -2.27. The molecule has 0 aromatic rings. The fraction of sp³-hybridized carbons (Fsp3) is 0.923. The molecule has 0 aliphatic carbocycles. The lowest BCUT2D eigenvalue weighted by molar-refractivity contribution is 0.214. The van der Waals surface area contributed by atoms with Crippen molar-refractivity contribution in [3.63, 3.8) is 0 Å². The number of nitrogens with zero attached hydrogens (tertiary/aromatic N) is 1. The first kappa shape index (κ1) is 15.9. The van der Waals surface area contributed by atoms with Gasteiger partial charge in [-0.1, -0.05) is 46.3 Å². The molecular formula is C13H28N2S. The normalized spacial score (nSPS) is 13.4. The molecule has 0 spiro atoms. The van der Waals surface area contributed by atoms with Crippen LogP contribution in [0.25, 0.3) is 0 Å². The SMILES string of the molecule is CCCC(C)CN(CCC(N)=S)CC(C)C. The molecular weight excluding hydrogens is 216 g/mol. The highest BCUT2D eigenvalue weighted by atomic mass is 32.1. The Kier molecular flexibility index (Phi) is 8.86. The van der Waals surface area contributed by atoms with Crippen molar-refractivity contribution in [2.24, 2.45) is 17.6 Å². The summed E-state index contributed by atoms with van der Waals surface area (Å²) in [6.45, 7) is 12.4. The Hall–Kier alpha value is -0.150. The van der Waals surface area contributed by atoms with Crippen molar-refractivity contribution in [1.82, 2.24) is 4.90 Å². The van der Waals surface area contributed by atoms with Gasteiger partial charge in [0.05, 0.1) is 4.99 Å². The van der Waals surface area contributed by atoms with E-state index in [1.807, 2.05) is 0 Å². The van der Waals surface area contributed by atoms with E-state index in [1.54, 1.807) is 0 Å². The molecule has 0 bridgehead atoms. The van der Waals surface area contributed by atoms with Crippen LogP contribution in [0.3, 0.4) is 0 Å². The van der Waals surface area contributed by atoms with E-state index >= 15 is 0 Å². The van der Waals surface area contributed by atoms with Crippen molar-refractivity contribution in [3.05, 3.63) is 0 Å². The minimum atomic E-state index is 0.636. The van der Waals surface area contributed by atoms with Crippen molar-refractivity contribution in [2.45, 2.75) is 47.0 Å². The largest absolute Gasteiger partial charge is 0.393 e. The van der Waals surface area contributed by atoms with Crippen LogP contribution >= 0.6 is 12.2 Å². The Balaban J connectivity index is 4.03. The highest BCUT2D eigenvalue weighted by molar-refractivity contribution is 7.80. The molecule has 0 aromatic carbocycles. The highest BCUT2D eigenvalue weighted by Crippen LogP contribution is 2.10. The van der Waals surface area contributed by atoms with Crippen LogP contribution in [0.1, 0.15) is 47.0 Å². The Labute approximate surface area is 107 Å². The maximum Gasteiger partial charge on any atom is 0.0740 e. The molecule has 0 rings (SSSR count). The van der Waals surface area contributed by atoms with Crippen LogP contribution in [0.2, 0.25) is 0 Å². The molecule has 0 aliphatic rings. The summed E-state index contributed by atoms with van der Waals surface area (Å²) in [6, 6.07) is 0. The fourth-order valence-electron chi connectivity index (χ4n) is 2.07. The second-order valence-corrected chi connectivity index (χ2v) is 5.79. The Morgan fingerprint density at radius 3 is 2.31 bits per heavy atom. The first-order chi connectivity index (χ1) is 7.45. The molecule has 2 N–H and O–H groups in total. The van der Waals surface area contributed by atoms with E-state index in [0.717, 1.165) is 25.4 Å². The maximum absolute atomic E-state index is 5.57. The highest BCUT2D eigenvalue weighted by Gasteiger charge is 2.11. The number of nitrogens with two attached hydrogens (primary N) is 1. The topological polar surface area (TPSA) is 29.3 Å². The van der Waals surface area contributed by atoms with Crippen LogP contribution in [0.4, 0.5) is 0 Å². The molecule has 1 unspecified atom stereocenters. The average Bonchev–Trinajstić information content (AvgIpc) is 2.13. The molecule has 0 aromatic heterocycles. The van der Waals surface area contributed by atoms with Gasteiger partial charge in [-0.2, -0.15) is 0 Å². The number of rotatable bonds is 9. The van der Waals surface area contributed by atoms with E-state index in [0.29, 0.717) is 10.9 Å². The summed E-state index contributed by atoms with van der Waals surface area (Å²) >= 11 is 4.94. The molecule has 96 valence electrons. The molecule has 0 saturated heterocycles. The van der Waals surface area contributed by atoms with Gasteiger partial charge < -0.3 is 10.6 Å². The summed E-state index contributed by atoms with van der Waals surface area (Å²) in [7, 11) is 0. The molecule has 2 nitrogen and oxygen atoms in total. The van der Waals surface area contributed by atoms with Crippen LogP contribution in [0, 0.1) is 11.8 Å². The van der Waals surface area contributed by atoms with Crippen molar-refractivity contribution in [2.75, 3.05) is 19.6 Å². The third-order valence-electron chi connectivity index (χ3n) is 2.65. The summed E-state index contributed by atoms with van der Waals surface area (Å²) in [4.78, 5) is 3.14. The van der Waals surface area contributed by atoms with Crippen molar-refractivity contribution >= 4 is 17.2 Å². The molecule has 0 saturated carbocycles. The minimum Gasteiger partial charge on any atom is -0.393 e. The van der Waals surface area contributed by atoms with Crippen molar-refractivity contribution < 1.29 is 0 Å². The molecule has 0 heterocycles. The number of hydrogen-bond acceptors (Lipinski definition) is 2. The zero-order valence-electron chi connectivity index (χ0n) is 11.3. The van der Waals surface area contributed by atoms with Crippen LogP contribution < -0.4 is 5.73 Å². The Bertz CT molecular complexity index is 192. The number of thiocarbonyl (C=S) groups is 1. The Morgan fingerprint density at radius 2 is 1.88 bits per heavy atom. The lowest BCUT2D eigenvalue weighted by Crippen LogP contribution is -2.34. The second kappa shape index (κ2) is 8.94. The summed E-state index contributed by atoms with van der Waals surface area (Å²) in [5.74, 6) is 1.48. The zero-order chi connectivity index (χ0) is 12.6. The molecule has 16 heavy (non-hydrogen) atoms. The van der Waals surface area contributed by atoms with E-state index in [2.05, 4.69) is 32.6 Å². The third kappa shape index (κ3) is 9.10. The van der Waals surface area contributed by atoms with Gasteiger partial charge in [0.25, 0.3) is 0 Å². The summed E-state index contributed by atoms with van der Waals surface area (Å²) < 4.78 is 0. The molecule has 0 radical (unpaired) electrons. The van der Waals surface area contributed by atoms with Gasteiger partial charge >= 0.3 is 0 Å². The van der Waals surface area contributed by atoms with E-state index in [4.69, 9.17) is 18.0 Å². The van der Waals surface area contributed by atoms with Crippen LogP contribution in [-0.2, 0) is 0 Å². The second-order valence-electron chi connectivity index (χ2n) is 5.26. The van der Waals surface area contributed by atoms with E-state index in [1.165, 1.54) is 19.4 Å². The molecule has 0 fully saturated rings. The fourth-order valence-corrected chi connectivity index (χ4v) is 2.16. The lowest BCUT2D eigenvalue weighted by atomic mass is 10.0. The summed E-state index contributed by atoms with van der Waals surface area (Å²) in [5.41, 5.74) is 5.57. The third-order valence-corrected chi connectivity index (χ3v) is 2.85. The predicted octanol–water partition coefficient (Wildman–Crippen LogP) is 3.06. The number of hydrogen-bond donors (Lipinski definition) is 1. The van der Waals surface area contributed by atoms with Gasteiger partial charge in [-0.05, 0) is 18.3 Å². The molecule has 0 aliphatic heterocycles. The predicted molar refractivity (Wildman–Crippen MR) is 76.8 cm³/mol. The van der Waals surface area contributed by atoms with Gasteiger partial charge in [0, 0.05) is 26.1 Å². The van der Waals surface area contributed by atoms with Crippen molar-refractivity contribution in [3.8, 4) is 0 Å². The Morgan fingerprint density at radius 1 is 1.25 bits per heavy atom. The molecule has 1 atom stereocenters. The molecule has 0 amide bonds. The monoisotopic (exact) mass is 244 g/mol. The van der Waals surface area contributed by atoms with Gasteiger partial charge in [-0.15, -0.1) is 0 Å². The maximum atomic E-state index is 5.57. The first-order valence-electron chi connectivity index (χ1n) is 6.46. The zero-order valence-corrected chi connectivity index (χ0v) is 12.1. The van der Waals surface area contributed by atoms with Gasteiger partial charge in [0.2, 0.25) is 0 Å². The molecule has 3 heteroatoms. The van der Waals surface area contributed by atoms with E-state index < -0.39 is 0 Å². The summed E-state index contributed by atoms with van der Waals surface area (Å²) in [6.07, 6.45) is 3.43. The standard InChI is InChI=1S/C13H28N2S/c1-5-6-12(4)10-15(9-11(2)3)8-7-13(14)16/h11-12H,5-10H2,1-4H3,(H2,14,16). The van der Waals surface area contributed by atoms with Crippen LogP contribution in [-0.4, -0.2) is 29.5 Å². The smallest absolute Gasteiger partial charge is 0.0740 e. The minimum absolute atomic E-state index is 0.636. The van der Waals surface area contributed by atoms with E-state index in [-0.39, 0.29) is 0 Å². The van der Waals surface area contributed by atoms with Crippen molar-refractivity contribution in [1.29, 1.82) is 0 Å². The first-order valence-corrected chi connectivity index (χ1v) is 6.87. The van der Waals surface area contributed by atoms with E-state index in [9.17, 15) is 0 Å². The summed E-state index contributed by atoms with van der Waals surface area (Å²) in [5, 5.41) is 0. The van der Waals surface area contributed by atoms with Gasteiger partial charge in [-0.3, -0.25) is 0 Å².